The van der Waals surface area contributed by atoms with Crippen LogP contribution in [0.2, 0.25) is 0 Å². The molecule has 5 nitrogen and oxygen atoms in total. The third-order valence-corrected chi connectivity index (χ3v) is 4.94. The number of β-amino-alcohol motifs (C(OH)–C–C–N with tert-alkyl or cyclic N) is 1. The number of hydrogen-bond donors (Lipinski definition) is 1. The maximum atomic E-state index is 9.89. The summed E-state index contributed by atoms with van der Waals surface area (Å²) in [4.78, 5) is 7.79. The number of rotatable bonds is 5. The standard InChI is InChI=1S/C15H21N3O2S/c1-11-6-8-18(10-12(11)19)7-2-5-14-16-15(17-20-14)13-4-3-9-21-13/h3-4,9,11-12,19H,2,5-8,10H2,1H3. The van der Waals surface area contributed by atoms with Crippen LogP contribution in [-0.4, -0.2) is 45.9 Å². The summed E-state index contributed by atoms with van der Waals surface area (Å²) >= 11 is 1.62. The molecule has 1 fully saturated rings. The van der Waals surface area contributed by atoms with Crippen LogP contribution in [0.4, 0.5) is 0 Å². The SMILES string of the molecule is CC1CCN(CCCc2nc(-c3cccs3)no2)CC1O. The largest absolute Gasteiger partial charge is 0.392 e. The zero-order chi connectivity index (χ0) is 14.7. The fraction of sp³-hybridized carbons (Fsp3) is 0.600. The van der Waals surface area contributed by atoms with Crippen LogP contribution in [0.25, 0.3) is 10.7 Å². The van der Waals surface area contributed by atoms with Gasteiger partial charge in [-0.25, -0.2) is 0 Å². The number of aliphatic hydroxyl groups excluding tert-OH is 1. The van der Waals surface area contributed by atoms with Gasteiger partial charge in [-0.1, -0.05) is 18.1 Å². The van der Waals surface area contributed by atoms with Gasteiger partial charge in [0, 0.05) is 13.0 Å². The summed E-state index contributed by atoms with van der Waals surface area (Å²) in [6.07, 6.45) is 2.66. The molecule has 0 saturated carbocycles. The second-order valence-corrected chi connectivity index (χ2v) is 6.67. The number of aliphatic hydroxyl groups is 1. The third kappa shape index (κ3) is 3.70. The smallest absolute Gasteiger partial charge is 0.227 e. The van der Waals surface area contributed by atoms with Crippen molar-refractivity contribution in [3.8, 4) is 10.7 Å². The Morgan fingerprint density at radius 2 is 2.43 bits per heavy atom. The lowest BCUT2D eigenvalue weighted by Gasteiger charge is -2.34. The average molecular weight is 307 g/mol. The molecule has 0 radical (unpaired) electrons. The molecule has 0 bridgehead atoms. The van der Waals surface area contributed by atoms with E-state index in [4.69, 9.17) is 4.52 Å². The summed E-state index contributed by atoms with van der Waals surface area (Å²) in [5, 5.41) is 15.9. The van der Waals surface area contributed by atoms with E-state index >= 15 is 0 Å². The van der Waals surface area contributed by atoms with Crippen LogP contribution in [0.3, 0.4) is 0 Å². The van der Waals surface area contributed by atoms with E-state index in [1.807, 2.05) is 17.5 Å². The highest BCUT2D eigenvalue weighted by atomic mass is 32.1. The van der Waals surface area contributed by atoms with Gasteiger partial charge in [0.2, 0.25) is 11.7 Å². The van der Waals surface area contributed by atoms with Crippen molar-refractivity contribution in [2.75, 3.05) is 19.6 Å². The normalized spacial score (nSPS) is 23.5. The van der Waals surface area contributed by atoms with Gasteiger partial charge in [0.15, 0.2) is 0 Å². The summed E-state index contributed by atoms with van der Waals surface area (Å²) < 4.78 is 5.29. The fourth-order valence-electron chi connectivity index (χ4n) is 2.63. The summed E-state index contributed by atoms with van der Waals surface area (Å²) in [6.45, 7) is 4.95. The molecule has 2 aromatic rings. The molecular weight excluding hydrogens is 286 g/mol. The molecular formula is C15H21N3O2S. The number of nitrogens with zero attached hydrogens (tertiary/aromatic N) is 3. The molecule has 2 aromatic heterocycles. The zero-order valence-electron chi connectivity index (χ0n) is 12.2. The molecule has 3 heterocycles. The minimum absolute atomic E-state index is 0.187. The van der Waals surface area contributed by atoms with Gasteiger partial charge in [-0.2, -0.15) is 4.98 Å². The minimum atomic E-state index is -0.187. The van der Waals surface area contributed by atoms with Crippen LogP contribution < -0.4 is 0 Å². The Labute approximate surface area is 128 Å². The van der Waals surface area contributed by atoms with Gasteiger partial charge >= 0.3 is 0 Å². The first-order valence-corrected chi connectivity index (χ1v) is 8.37. The molecule has 1 saturated heterocycles. The van der Waals surface area contributed by atoms with Crippen molar-refractivity contribution in [2.45, 2.75) is 32.3 Å². The van der Waals surface area contributed by atoms with Crippen LogP contribution in [0.5, 0.6) is 0 Å². The molecule has 0 amide bonds. The van der Waals surface area contributed by atoms with Gasteiger partial charge in [-0.05, 0) is 43.3 Å². The highest BCUT2D eigenvalue weighted by Crippen LogP contribution is 2.22. The van der Waals surface area contributed by atoms with Crippen molar-refractivity contribution in [1.82, 2.24) is 15.0 Å². The van der Waals surface area contributed by atoms with E-state index in [1.165, 1.54) is 0 Å². The zero-order valence-corrected chi connectivity index (χ0v) is 13.1. The van der Waals surface area contributed by atoms with Gasteiger partial charge in [0.25, 0.3) is 0 Å². The molecule has 0 aliphatic carbocycles. The number of aryl methyl sites for hydroxylation is 1. The van der Waals surface area contributed by atoms with Crippen LogP contribution >= 0.6 is 11.3 Å². The lowest BCUT2D eigenvalue weighted by Crippen LogP contribution is -2.43. The first kappa shape index (κ1) is 14.7. The predicted molar refractivity (Wildman–Crippen MR) is 82.2 cm³/mol. The Kier molecular flexibility index (Phi) is 4.67. The van der Waals surface area contributed by atoms with Crippen molar-refractivity contribution in [3.05, 3.63) is 23.4 Å². The Balaban J connectivity index is 1.46. The van der Waals surface area contributed by atoms with Gasteiger partial charge in [0.1, 0.15) is 0 Å². The second kappa shape index (κ2) is 6.68. The summed E-state index contributed by atoms with van der Waals surface area (Å²) in [7, 11) is 0. The average Bonchev–Trinajstić information content (AvgIpc) is 3.13. The van der Waals surface area contributed by atoms with Gasteiger partial charge in [0.05, 0.1) is 11.0 Å². The van der Waals surface area contributed by atoms with E-state index < -0.39 is 0 Å². The molecule has 1 aliphatic heterocycles. The molecule has 21 heavy (non-hydrogen) atoms. The Morgan fingerprint density at radius 1 is 1.52 bits per heavy atom. The molecule has 2 atom stereocenters. The number of aromatic nitrogens is 2. The molecule has 3 rings (SSSR count). The van der Waals surface area contributed by atoms with Crippen LogP contribution in [0, 0.1) is 5.92 Å². The van der Waals surface area contributed by atoms with Crippen molar-refractivity contribution in [3.63, 3.8) is 0 Å². The van der Waals surface area contributed by atoms with Crippen LogP contribution in [0.1, 0.15) is 25.7 Å². The number of likely N-dealkylation sites (tertiary alicyclic amines) is 1. The van der Waals surface area contributed by atoms with E-state index in [0.29, 0.717) is 17.6 Å². The summed E-state index contributed by atoms with van der Waals surface area (Å²) in [6, 6.07) is 3.98. The molecule has 2 unspecified atom stereocenters. The Hall–Kier alpha value is -1.24. The third-order valence-electron chi connectivity index (χ3n) is 4.08. The first-order chi connectivity index (χ1) is 10.2. The van der Waals surface area contributed by atoms with Crippen molar-refractivity contribution < 1.29 is 9.63 Å². The topological polar surface area (TPSA) is 62.4 Å². The van der Waals surface area contributed by atoms with Crippen LogP contribution in [-0.2, 0) is 6.42 Å². The van der Waals surface area contributed by atoms with E-state index in [2.05, 4.69) is 22.0 Å². The number of thiophene rings is 1. The van der Waals surface area contributed by atoms with E-state index in [-0.39, 0.29) is 6.10 Å². The minimum Gasteiger partial charge on any atom is -0.392 e. The first-order valence-electron chi connectivity index (χ1n) is 7.49. The Morgan fingerprint density at radius 3 is 3.19 bits per heavy atom. The molecule has 0 aromatic carbocycles. The molecule has 0 spiro atoms. The lowest BCUT2D eigenvalue weighted by molar-refractivity contribution is 0.0287. The van der Waals surface area contributed by atoms with Crippen molar-refractivity contribution >= 4 is 11.3 Å². The van der Waals surface area contributed by atoms with Gasteiger partial charge < -0.3 is 14.5 Å². The summed E-state index contributed by atoms with van der Waals surface area (Å²) in [5.74, 6) is 1.80. The molecule has 114 valence electrons. The quantitative estimate of drug-likeness (QED) is 0.919. The Bertz CT molecular complexity index is 555. The molecule has 6 heteroatoms. The number of hydrogen-bond acceptors (Lipinski definition) is 6. The second-order valence-electron chi connectivity index (χ2n) is 5.73. The molecule has 1 aliphatic rings. The van der Waals surface area contributed by atoms with Crippen molar-refractivity contribution in [2.24, 2.45) is 5.92 Å². The highest BCUT2D eigenvalue weighted by Gasteiger charge is 2.23. The van der Waals surface area contributed by atoms with E-state index in [0.717, 1.165) is 43.8 Å². The monoisotopic (exact) mass is 307 g/mol. The van der Waals surface area contributed by atoms with E-state index in [1.54, 1.807) is 11.3 Å². The number of piperidine rings is 1. The summed E-state index contributed by atoms with van der Waals surface area (Å²) in [5.41, 5.74) is 0. The highest BCUT2D eigenvalue weighted by molar-refractivity contribution is 7.13. The lowest BCUT2D eigenvalue weighted by atomic mass is 9.96. The van der Waals surface area contributed by atoms with Gasteiger partial charge in [-0.3, -0.25) is 0 Å². The fourth-order valence-corrected chi connectivity index (χ4v) is 3.28. The van der Waals surface area contributed by atoms with E-state index in [9.17, 15) is 5.11 Å². The predicted octanol–water partition coefficient (Wildman–Crippen LogP) is 2.43. The van der Waals surface area contributed by atoms with Crippen molar-refractivity contribution in [1.29, 1.82) is 0 Å². The maximum absolute atomic E-state index is 9.89. The molecule has 1 N–H and O–H groups in total. The maximum Gasteiger partial charge on any atom is 0.227 e. The van der Waals surface area contributed by atoms with Crippen LogP contribution in [0.15, 0.2) is 22.0 Å². The van der Waals surface area contributed by atoms with Gasteiger partial charge in [-0.15, -0.1) is 11.3 Å².